The molecular formula is C15H14N2O4S2. The fraction of sp³-hybridized carbons (Fsp3) is 0.333. The molecule has 0 saturated carbocycles. The zero-order chi connectivity index (χ0) is 16.4. The first kappa shape index (κ1) is 16.1. The van der Waals surface area contributed by atoms with Crippen LogP contribution in [0.2, 0.25) is 0 Å². The lowest BCUT2D eigenvalue weighted by molar-refractivity contribution is -0.384. The second-order valence-corrected chi connectivity index (χ2v) is 6.95. The fourth-order valence-corrected chi connectivity index (χ4v) is 3.77. The van der Waals surface area contributed by atoms with Crippen molar-refractivity contribution in [2.75, 3.05) is 13.2 Å². The van der Waals surface area contributed by atoms with Crippen molar-refractivity contribution in [3.05, 3.63) is 44.8 Å². The number of nitro benzene ring substituents is 1. The van der Waals surface area contributed by atoms with Crippen LogP contribution in [0.25, 0.3) is 6.08 Å². The normalized spacial score (nSPS) is 23.0. The summed E-state index contributed by atoms with van der Waals surface area (Å²) in [5, 5.41) is 10.7. The molecule has 0 aromatic heterocycles. The Bertz CT molecular complexity index is 681. The Hall–Kier alpha value is -1.77. The molecule has 6 nitrogen and oxygen atoms in total. The van der Waals surface area contributed by atoms with Crippen molar-refractivity contribution in [1.29, 1.82) is 0 Å². The van der Waals surface area contributed by atoms with E-state index in [1.54, 1.807) is 23.1 Å². The van der Waals surface area contributed by atoms with Crippen molar-refractivity contribution in [2.45, 2.75) is 18.9 Å². The van der Waals surface area contributed by atoms with Gasteiger partial charge in [0.1, 0.15) is 4.32 Å². The van der Waals surface area contributed by atoms with Gasteiger partial charge in [0, 0.05) is 18.7 Å². The Morgan fingerprint density at radius 3 is 2.78 bits per heavy atom. The van der Waals surface area contributed by atoms with Gasteiger partial charge in [-0.25, -0.2) is 0 Å². The number of carbonyl (C=O) groups excluding carboxylic acids is 1. The maximum atomic E-state index is 12.5. The van der Waals surface area contributed by atoms with E-state index in [1.165, 1.54) is 23.9 Å². The molecule has 23 heavy (non-hydrogen) atoms. The number of non-ortho nitro benzene ring substituents is 1. The smallest absolute Gasteiger partial charge is 0.269 e. The van der Waals surface area contributed by atoms with Crippen LogP contribution in [0.15, 0.2) is 29.2 Å². The molecule has 120 valence electrons. The maximum Gasteiger partial charge on any atom is 0.269 e. The molecule has 1 aromatic rings. The van der Waals surface area contributed by atoms with Gasteiger partial charge in [0.05, 0.1) is 22.5 Å². The molecule has 1 aromatic carbocycles. The minimum Gasteiger partial charge on any atom is -0.376 e. The molecule has 3 rings (SSSR count). The molecular weight excluding hydrogens is 336 g/mol. The average molecular weight is 350 g/mol. The van der Waals surface area contributed by atoms with E-state index in [0.717, 1.165) is 25.0 Å². The molecule has 1 atom stereocenters. The van der Waals surface area contributed by atoms with Crippen molar-refractivity contribution in [3.8, 4) is 0 Å². The van der Waals surface area contributed by atoms with Gasteiger partial charge in [0.15, 0.2) is 0 Å². The largest absolute Gasteiger partial charge is 0.376 e. The van der Waals surface area contributed by atoms with E-state index in [0.29, 0.717) is 15.8 Å². The minimum absolute atomic E-state index is 0.0214. The Morgan fingerprint density at radius 1 is 1.43 bits per heavy atom. The van der Waals surface area contributed by atoms with Gasteiger partial charge < -0.3 is 4.74 Å². The molecule has 0 bridgehead atoms. The maximum absolute atomic E-state index is 12.5. The zero-order valence-electron chi connectivity index (χ0n) is 12.1. The van der Waals surface area contributed by atoms with Gasteiger partial charge in [-0.1, -0.05) is 24.0 Å². The van der Waals surface area contributed by atoms with E-state index in [4.69, 9.17) is 17.0 Å². The van der Waals surface area contributed by atoms with E-state index in [-0.39, 0.29) is 17.7 Å². The van der Waals surface area contributed by atoms with Crippen molar-refractivity contribution in [2.24, 2.45) is 0 Å². The molecule has 2 aliphatic heterocycles. The number of nitrogens with zero attached hydrogens (tertiary/aromatic N) is 2. The highest BCUT2D eigenvalue weighted by Gasteiger charge is 2.34. The van der Waals surface area contributed by atoms with Gasteiger partial charge in [0.25, 0.3) is 11.6 Å². The van der Waals surface area contributed by atoms with Crippen LogP contribution in [0.3, 0.4) is 0 Å². The molecule has 2 saturated heterocycles. The molecule has 0 spiro atoms. The number of ether oxygens (including phenoxy) is 1. The Labute approximate surface area is 142 Å². The summed E-state index contributed by atoms with van der Waals surface area (Å²) in [7, 11) is 0. The Morgan fingerprint density at radius 2 is 2.17 bits per heavy atom. The number of thioether (sulfide) groups is 1. The van der Waals surface area contributed by atoms with E-state index in [1.807, 2.05) is 0 Å². The van der Waals surface area contributed by atoms with Crippen LogP contribution >= 0.6 is 24.0 Å². The number of nitro groups is 1. The van der Waals surface area contributed by atoms with Crippen LogP contribution in [0.1, 0.15) is 18.4 Å². The SMILES string of the molecule is O=C1C(=Cc2ccc([N+](=O)[O-])cc2)SC(=S)N1CC1CCCO1. The number of amides is 1. The summed E-state index contributed by atoms with van der Waals surface area (Å²) in [5.74, 6) is -0.131. The molecule has 8 heteroatoms. The highest BCUT2D eigenvalue weighted by Crippen LogP contribution is 2.33. The van der Waals surface area contributed by atoms with Crippen LogP contribution in [-0.4, -0.2) is 39.3 Å². The van der Waals surface area contributed by atoms with E-state index >= 15 is 0 Å². The monoisotopic (exact) mass is 350 g/mol. The van der Waals surface area contributed by atoms with Crippen molar-refractivity contribution < 1.29 is 14.5 Å². The van der Waals surface area contributed by atoms with Crippen LogP contribution < -0.4 is 0 Å². The number of rotatable bonds is 4. The number of benzene rings is 1. The van der Waals surface area contributed by atoms with Gasteiger partial charge in [-0.3, -0.25) is 19.8 Å². The summed E-state index contributed by atoms with van der Waals surface area (Å²) in [4.78, 5) is 24.8. The van der Waals surface area contributed by atoms with Gasteiger partial charge in [-0.15, -0.1) is 0 Å². The number of carbonyl (C=O) groups is 1. The predicted molar refractivity (Wildman–Crippen MR) is 91.9 cm³/mol. The molecule has 1 amide bonds. The third kappa shape index (κ3) is 3.60. The van der Waals surface area contributed by atoms with Crippen molar-refractivity contribution in [3.63, 3.8) is 0 Å². The topological polar surface area (TPSA) is 72.7 Å². The molecule has 0 radical (unpaired) electrons. The molecule has 2 fully saturated rings. The Kier molecular flexibility index (Phi) is 4.74. The average Bonchev–Trinajstić information content (AvgIpc) is 3.12. The first-order chi connectivity index (χ1) is 11.0. The third-order valence-corrected chi connectivity index (χ3v) is 5.06. The lowest BCUT2D eigenvalue weighted by Gasteiger charge is -2.18. The van der Waals surface area contributed by atoms with Crippen molar-refractivity contribution in [1.82, 2.24) is 4.90 Å². The van der Waals surface area contributed by atoms with Crippen molar-refractivity contribution >= 4 is 46.0 Å². The fourth-order valence-electron chi connectivity index (χ4n) is 2.49. The van der Waals surface area contributed by atoms with Crippen LogP contribution in [0.5, 0.6) is 0 Å². The van der Waals surface area contributed by atoms with Gasteiger partial charge in [0.2, 0.25) is 0 Å². The molecule has 2 heterocycles. The summed E-state index contributed by atoms with van der Waals surface area (Å²) in [6.45, 7) is 1.22. The van der Waals surface area contributed by atoms with Gasteiger partial charge in [-0.05, 0) is 36.6 Å². The first-order valence-corrected chi connectivity index (χ1v) is 8.38. The summed E-state index contributed by atoms with van der Waals surface area (Å²) in [5.41, 5.74) is 0.751. The summed E-state index contributed by atoms with van der Waals surface area (Å²) in [6.07, 6.45) is 3.71. The molecule has 0 aliphatic carbocycles. The summed E-state index contributed by atoms with van der Waals surface area (Å²) < 4.78 is 6.08. The molecule has 1 unspecified atom stereocenters. The van der Waals surface area contributed by atoms with Crippen LogP contribution in [0.4, 0.5) is 5.69 Å². The quantitative estimate of drug-likeness (QED) is 0.360. The van der Waals surface area contributed by atoms with Gasteiger partial charge in [-0.2, -0.15) is 0 Å². The predicted octanol–water partition coefficient (Wildman–Crippen LogP) is 2.98. The summed E-state index contributed by atoms with van der Waals surface area (Å²) >= 11 is 6.53. The highest BCUT2D eigenvalue weighted by atomic mass is 32.2. The van der Waals surface area contributed by atoms with E-state index in [9.17, 15) is 14.9 Å². The Balaban J connectivity index is 1.73. The van der Waals surface area contributed by atoms with E-state index in [2.05, 4.69) is 0 Å². The minimum atomic E-state index is -0.454. The number of thiocarbonyl (C=S) groups is 1. The summed E-state index contributed by atoms with van der Waals surface area (Å²) in [6, 6.07) is 6.06. The number of hydrogen-bond donors (Lipinski definition) is 0. The second kappa shape index (κ2) is 6.77. The lowest BCUT2D eigenvalue weighted by atomic mass is 10.2. The van der Waals surface area contributed by atoms with E-state index < -0.39 is 4.92 Å². The second-order valence-electron chi connectivity index (χ2n) is 5.28. The van der Waals surface area contributed by atoms with Gasteiger partial charge >= 0.3 is 0 Å². The van der Waals surface area contributed by atoms with Crippen LogP contribution in [-0.2, 0) is 9.53 Å². The molecule has 0 N–H and O–H groups in total. The lowest BCUT2D eigenvalue weighted by Crippen LogP contribution is -2.35. The van der Waals surface area contributed by atoms with Crippen LogP contribution in [0, 0.1) is 10.1 Å². The zero-order valence-corrected chi connectivity index (χ0v) is 13.8. The third-order valence-electron chi connectivity index (χ3n) is 3.69. The molecule has 2 aliphatic rings. The highest BCUT2D eigenvalue weighted by molar-refractivity contribution is 8.26. The standard InChI is InChI=1S/C15H14N2O4S2/c18-14-13(8-10-3-5-11(6-4-10)17(19)20)23-15(22)16(14)9-12-2-1-7-21-12/h3-6,8,12H,1-2,7,9H2. The first-order valence-electron chi connectivity index (χ1n) is 7.16. The number of hydrogen-bond acceptors (Lipinski definition) is 6.